The zero-order chi connectivity index (χ0) is 24.0. The lowest BCUT2D eigenvalue weighted by atomic mass is 9.82. The first-order valence-corrected chi connectivity index (χ1v) is 14.8. The second kappa shape index (κ2) is 8.91. The van der Waals surface area contributed by atoms with E-state index in [-0.39, 0.29) is 30.1 Å². The zero-order valence-electron chi connectivity index (χ0n) is 19.7. The van der Waals surface area contributed by atoms with Crippen LogP contribution in [0.1, 0.15) is 18.9 Å². The molecule has 2 aliphatic rings. The Hall–Kier alpha value is -2.12. The van der Waals surface area contributed by atoms with E-state index in [0.717, 1.165) is 17.0 Å². The fraction of sp³-hybridized carbons (Fsp3) is 0.423. The molecule has 33 heavy (non-hydrogen) atoms. The third-order valence-electron chi connectivity index (χ3n) is 7.52. The van der Waals surface area contributed by atoms with Crippen molar-refractivity contribution in [2.45, 2.75) is 43.7 Å². The van der Waals surface area contributed by atoms with E-state index >= 15 is 0 Å². The van der Waals surface area contributed by atoms with Gasteiger partial charge < -0.3 is 19.5 Å². The Balaban J connectivity index is 1.84. The number of nitrogens with zero attached hydrogens (tertiary/aromatic N) is 1. The predicted octanol–water partition coefficient (Wildman–Crippen LogP) is 4.48. The van der Waals surface area contributed by atoms with Gasteiger partial charge in [0.1, 0.15) is 5.75 Å². The highest BCUT2D eigenvalue weighted by molar-refractivity contribution is 6.91. The minimum Gasteiger partial charge on any atom is -0.497 e. The molecular weight excluding hydrogens is 454 g/mol. The molecule has 0 unspecified atom stereocenters. The Morgan fingerprint density at radius 3 is 2.58 bits per heavy atom. The van der Waals surface area contributed by atoms with Crippen LogP contribution in [0.25, 0.3) is 0 Å². The standard InChI is InChI=1S/C26H32ClNO4Si/c1-6-14-28-22-12-7-18(27)16-21(22)26(25(28)30)17(2)24(23(32-26)13-15-29)33(4,5)20-10-8-19(31-3)9-11-20/h6-12,16-17,23-24,29H,1,13-15H2,2-5H3/t17-,23+,24-,26+/m0/s1. The Kier molecular flexibility index (Phi) is 6.48. The van der Waals surface area contributed by atoms with Gasteiger partial charge in [0.2, 0.25) is 0 Å². The van der Waals surface area contributed by atoms with Crippen molar-refractivity contribution in [3.63, 3.8) is 0 Å². The molecule has 1 amide bonds. The van der Waals surface area contributed by atoms with Gasteiger partial charge in [-0.1, -0.05) is 55.0 Å². The van der Waals surface area contributed by atoms with E-state index in [9.17, 15) is 9.90 Å². The quantitative estimate of drug-likeness (QED) is 0.464. The summed E-state index contributed by atoms with van der Waals surface area (Å²) >= 11 is 6.40. The van der Waals surface area contributed by atoms with Crippen LogP contribution in [0.5, 0.6) is 5.75 Å². The van der Waals surface area contributed by atoms with Gasteiger partial charge in [0.25, 0.3) is 5.91 Å². The molecule has 0 saturated carbocycles. The molecule has 2 heterocycles. The van der Waals surface area contributed by atoms with E-state index in [1.165, 1.54) is 5.19 Å². The number of aliphatic hydroxyl groups excluding tert-OH is 1. The third-order valence-corrected chi connectivity index (χ3v) is 12.1. The number of rotatable bonds is 7. The Morgan fingerprint density at radius 2 is 1.97 bits per heavy atom. The summed E-state index contributed by atoms with van der Waals surface area (Å²) in [5.74, 6) is 0.645. The lowest BCUT2D eigenvalue weighted by Gasteiger charge is -2.37. The van der Waals surface area contributed by atoms with Crippen LogP contribution in [0.4, 0.5) is 5.69 Å². The van der Waals surface area contributed by atoms with Crippen molar-refractivity contribution < 1.29 is 19.4 Å². The predicted molar refractivity (Wildman–Crippen MR) is 135 cm³/mol. The summed E-state index contributed by atoms with van der Waals surface area (Å²) in [6.45, 7) is 11.0. The van der Waals surface area contributed by atoms with Gasteiger partial charge in [0, 0.05) is 29.7 Å². The van der Waals surface area contributed by atoms with E-state index in [4.69, 9.17) is 21.1 Å². The van der Waals surface area contributed by atoms with Gasteiger partial charge in [-0.15, -0.1) is 6.58 Å². The van der Waals surface area contributed by atoms with Crippen molar-refractivity contribution in [1.29, 1.82) is 0 Å². The van der Waals surface area contributed by atoms with Gasteiger partial charge in [0.05, 0.1) is 27.0 Å². The first-order valence-electron chi connectivity index (χ1n) is 11.4. The maximum absolute atomic E-state index is 14.0. The molecule has 0 aromatic heterocycles. The smallest absolute Gasteiger partial charge is 0.264 e. The molecular formula is C26H32ClNO4Si. The van der Waals surface area contributed by atoms with E-state index in [0.29, 0.717) is 18.0 Å². The highest BCUT2D eigenvalue weighted by Gasteiger charge is 2.66. The highest BCUT2D eigenvalue weighted by Crippen LogP contribution is 2.60. The van der Waals surface area contributed by atoms with Crippen molar-refractivity contribution in [2.75, 3.05) is 25.2 Å². The number of halogens is 1. The molecule has 4 rings (SSSR count). The van der Waals surface area contributed by atoms with Gasteiger partial charge in [-0.25, -0.2) is 0 Å². The van der Waals surface area contributed by atoms with Crippen LogP contribution in [0.15, 0.2) is 55.1 Å². The molecule has 176 valence electrons. The van der Waals surface area contributed by atoms with E-state index < -0.39 is 13.7 Å². The molecule has 0 aliphatic carbocycles. The van der Waals surface area contributed by atoms with Crippen molar-refractivity contribution >= 4 is 36.5 Å². The van der Waals surface area contributed by atoms with Gasteiger partial charge in [-0.2, -0.15) is 0 Å². The highest BCUT2D eigenvalue weighted by atomic mass is 35.5. The second-order valence-corrected chi connectivity index (χ2v) is 14.7. The molecule has 2 aliphatic heterocycles. The van der Waals surface area contributed by atoms with Crippen LogP contribution < -0.4 is 14.8 Å². The van der Waals surface area contributed by atoms with Crippen LogP contribution in [-0.2, 0) is 15.1 Å². The monoisotopic (exact) mass is 485 g/mol. The number of ether oxygens (including phenoxy) is 2. The topological polar surface area (TPSA) is 59.0 Å². The van der Waals surface area contributed by atoms with Crippen LogP contribution >= 0.6 is 11.6 Å². The number of hydrogen-bond donors (Lipinski definition) is 1. The molecule has 2 aromatic rings. The van der Waals surface area contributed by atoms with Crippen molar-refractivity contribution in [1.82, 2.24) is 0 Å². The maximum Gasteiger partial charge on any atom is 0.264 e. The number of fused-ring (bicyclic) bond motifs is 2. The number of carbonyl (C=O) groups is 1. The average Bonchev–Trinajstić information content (AvgIpc) is 3.21. The first kappa shape index (κ1) is 24.0. The summed E-state index contributed by atoms with van der Waals surface area (Å²) in [6, 6.07) is 13.8. The minimum atomic E-state index is -2.16. The van der Waals surface area contributed by atoms with Gasteiger partial charge in [0.15, 0.2) is 5.60 Å². The molecule has 1 N–H and O–H groups in total. The van der Waals surface area contributed by atoms with Crippen LogP contribution in [0.2, 0.25) is 23.7 Å². The summed E-state index contributed by atoms with van der Waals surface area (Å²) in [5.41, 5.74) is 0.630. The number of carbonyl (C=O) groups excluding carboxylic acids is 1. The summed E-state index contributed by atoms with van der Waals surface area (Å²) in [5, 5.41) is 11.7. The fourth-order valence-electron chi connectivity index (χ4n) is 5.99. The molecule has 1 saturated heterocycles. The Labute approximate surface area is 202 Å². The SMILES string of the molecule is C=CCN1C(=O)[C@]2(O[C@H](CCO)[C@@H]([Si](C)(C)c3ccc(OC)cc3)[C@@H]2C)c2cc(Cl)ccc21. The lowest BCUT2D eigenvalue weighted by Crippen LogP contribution is -2.51. The Morgan fingerprint density at radius 1 is 1.27 bits per heavy atom. The molecule has 2 aromatic carbocycles. The second-order valence-electron chi connectivity index (χ2n) is 9.53. The summed E-state index contributed by atoms with van der Waals surface area (Å²) in [4.78, 5) is 15.7. The summed E-state index contributed by atoms with van der Waals surface area (Å²) in [6.07, 6.45) is 1.97. The number of amides is 1. The molecule has 1 spiro atoms. The number of anilines is 1. The molecule has 0 bridgehead atoms. The lowest BCUT2D eigenvalue weighted by molar-refractivity contribution is -0.146. The molecule has 4 atom stereocenters. The number of hydrogen-bond acceptors (Lipinski definition) is 4. The van der Waals surface area contributed by atoms with E-state index in [1.54, 1.807) is 24.2 Å². The number of benzene rings is 2. The van der Waals surface area contributed by atoms with Crippen molar-refractivity contribution in [3.05, 3.63) is 65.7 Å². The summed E-state index contributed by atoms with van der Waals surface area (Å²) in [7, 11) is -0.498. The molecule has 0 radical (unpaired) electrons. The van der Waals surface area contributed by atoms with E-state index in [2.05, 4.69) is 38.7 Å². The maximum atomic E-state index is 14.0. The zero-order valence-corrected chi connectivity index (χ0v) is 21.4. The number of methoxy groups -OCH3 is 1. The van der Waals surface area contributed by atoms with Crippen LogP contribution in [0, 0.1) is 5.92 Å². The number of aliphatic hydroxyl groups is 1. The Bertz CT molecular complexity index is 1060. The first-order chi connectivity index (χ1) is 15.7. The molecule has 5 nitrogen and oxygen atoms in total. The fourth-order valence-corrected chi connectivity index (χ4v) is 10.2. The van der Waals surface area contributed by atoms with Crippen molar-refractivity contribution in [2.24, 2.45) is 5.92 Å². The van der Waals surface area contributed by atoms with Gasteiger partial charge in [-0.3, -0.25) is 4.79 Å². The normalized spacial score (nSPS) is 26.7. The average molecular weight is 486 g/mol. The summed E-state index contributed by atoms with van der Waals surface area (Å²) < 4.78 is 12.1. The van der Waals surface area contributed by atoms with E-state index in [1.807, 2.05) is 24.3 Å². The van der Waals surface area contributed by atoms with Crippen molar-refractivity contribution in [3.8, 4) is 5.75 Å². The molecule has 1 fully saturated rings. The molecule has 7 heteroatoms. The minimum absolute atomic E-state index is 0.00399. The van der Waals surface area contributed by atoms with Gasteiger partial charge >= 0.3 is 0 Å². The van der Waals surface area contributed by atoms with Crippen LogP contribution in [-0.4, -0.2) is 45.5 Å². The van der Waals surface area contributed by atoms with Crippen LogP contribution in [0.3, 0.4) is 0 Å². The third kappa shape index (κ3) is 3.64. The largest absolute Gasteiger partial charge is 0.497 e. The van der Waals surface area contributed by atoms with Gasteiger partial charge in [-0.05, 0) is 42.3 Å².